The smallest absolute Gasteiger partial charge is 0.218 e. The number of rotatable bonds is 5. The fraction of sp³-hybridized carbons (Fsp3) is 0.706. The number of hydrogen-bond donors (Lipinski definition) is 1. The molecule has 112 valence electrons. The van der Waals surface area contributed by atoms with Crippen molar-refractivity contribution in [1.82, 2.24) is 10.3 Å². The summed E-state index contributed by atoms with van der Waals surface area (Å²) < 4.78 is 6.35. The molecular formula is C17H28N2O. The molecule has 2 unspecified atom stereocenters. The van der Waals surface area contributed by atoms with E-state index in [1.807, 2.05) is 14.0 Å². The molecule has 3 nitrogen and oxygen atoms in total. The first kappa shape index (κ1) is 15.3. The molecule has 2 rings (SSSR count). The van der Waals surface area contributed by atoms with Crippen molar-refractivity contribution in [1.29, 1.82) is 0 Å². The van der Waals surface area contributed by atoms with E-state index in [1.54, 1.807) is 0 Å². The van der Waals surface area contributed by atoms with E-state index in [0.717, 1.165) is 18.1 Å². The number of pyridine rings is 1. The number of ether oxygens (including phenoxy) is 1. The number of aromatic nitrogens is 1. The Morgan fingerprint density at radius 1 is 1.30 bits per heavy atom. The van der Waals surface area contributed by atoms with Gasteiger partial charge in [-0.05, 0) is 64.1 Å². The lowest BCUT2D eigenvalue weighted by Gasteiger charge is -2.31. The molecule has 1 aliphatic rings. The molecule has 0 amide bonds. The van der Waals surface area contributed by atoms with E-state index in [4.69, 9.17) is 4.74 Å². The van der Waals surface area contributed by atoms with E-state index in [1.165, 1.54) is 43.2 Å². The SMILES string of the molecule is CCC1CCCCC1Oc1nc(C)cc(C)c1CNC. The second kappa shape index (κ2) is 7.07. The zero-order valence-electron chi connectivity index (χ0n) is 13.3. The second-order valence-corrected chi connectivity index (χ2v) is 6.00. The van der Waals surface area contributed by atoms with Gasteiger partial charge in [0.25, 0.3) is 0 Å². The maximum atomic E-state index is 6.35. The zero-order chi connectivity index (χ0) is 14.5. The van der Waals surface area contributed by atoms with Crippen LogP contribution in [-0.4, -0.2) is 18.1 Å². The lowest BCUT2D eigenvalue weighted by atomic mass is 9.85. The van der Waals surface area contributed by atoms with Crippen LogP contribution in [-0.2, 0) is 6.54 Å². The summed E-state index contributed by atoms with van der Waals surface area (Å²) in [5.74, 6) is 1.54. The average molecular weight is 276 g/mol. The number of nitrogens with zero attached hydrogens (tertiary/aromatic N) is 1. The Morgan fingerprint density at radius 3 is 2.75 bits per heavy atom. The van der Waals surface area contributed by atoms with Gasteiger partial charge in [-0.2, -0.15) is 0 Å². The molecule has 2 atom stereocenters. The molecule has 1 saturated carbocycles. The molecule has 1 aliphatic carbocycles. The van der Waals surface area contributed by atoms with Gasteiger partial charge in [0.1, 0.15) is 6.10 Å². The molecular weight excluding hydrogens is 248 g/mol. The largest absolute Gasteiger partial charge is 0.474 e. The fourth-order valence-electron chi connectivity index (χ4n) is 3.26. The van der Waals surface area contributed by atoms with Crippen LogP contribution in [0.4, 0.5) is 0 Å². The minimum atomic E-state index is 0.345. The van der Waals surface area contributed by atoms with E-state index >= 15 is 0 Å². The van der Waals surface area contributed by atoms with E-state index in [-0.39, 0.29) is 0 Å². The Bertz CT molecular complexity index is 445. The third-order valence-electron chi connectivity index (χ3n) is 4.42. The van der Waals surface area contributed by atoms with Gasteiger partial charge in [0.15, 0.2) is 0 Å². The maximum absolute atomic E-state index is 6.35. The fourth-order valence-corrected chi connectivity index (χ4v) is 3.26. The van der Waals surface area contributed by atoms with Crippen molar-refractivity contribution >= 4 is 0 Å². The Morgan fingerprint density at radius 2 is 2.05 bits per heavy atom. The van der Waals surface area contributed by atoms with Crippen molar-refractivity contribution in [2.75, 3.05) is 7.05 Å². The molecule has 3 heteroatoms. The first-order valence-electron chi connectivity index (χ1n) is 7.94. The molecule has 1 aromatic rings. The van der Waals surface area contributed by atoms with Crippen molar-refractivity contribution < 1.29 is 4.74 Å². The summed E-state index contributed by atoms with van der Waals surface area (Å²) in [7, 11) is 1.97. The van der Waals surface area contributed by atoms with Gasteiger partial charge in [-0.15, -0.1) is 0 Å². The van der Waals surface area contributed by atoms with Crippen molar-refractivity contribution in [3.8, 4) is 5.88 Å². The van der Waals surface area contributed by atoms with E-state index < -0.39 is 0 Å². The summed E-state index contributed by atoms with van der Waals surface area (Å²) in [5, 5.41) is 3.23. The minimum absolute atomic E-state index is 0.345. The number of hydrogen-bond acceptors (Lipinski definition) is 3. The molecule has 0 bridgehead atoms. The summed E-state index contributed by atoms with van der Waals surface area (Å²) in [6, 6.07) is 2.14. The predicted octanol–water partition coefficient (Wildman–Crippen LogP) is 3.77. The Hall–Kier alpha value is -1.09. The van der Waals surface area contributed by atoms with Crippen molar-refractivity contribution in [2.45, 2.75) is 65.5 Å². The van der Waals surface area contributed by atoms with Crippen LogP contribution in [0.5, 0.6) is 5.88 Å². The van der Waals surface area contributed by atoms with E-state index in [9.17, 15) is 0 Å². The summed E-state index contributed by atoms with van der Waals surface area (Å²) in [6.07, 6.45) is 6.66. The monoisotopic (exact) mass is 276 g/mol. The molecule has 0 spiro atoms. The Labute approximate surface area is 123 Å². The molecule has 0 aromatic carbocycles. The first-order chi connectivity index (χ1) is 9.65. The highest BCUT2D eigenvalue weighted by Crippen LogP contribution is 2.31. The van der Waals surface area contributed by atoms with E-state index in [2.05, 4.69) is 30.2 Å². The molecule has 0 radical (unpaired) electrons. The molecule has 0 saturated heterocycles. The van der Waals surface area contributed by atoms with Crippen LogP contribution in [0.15, 0.2) is 6.07 Å². The van der Waals surface area contributed by atoms with Crippen molar-refractivity contribution in [3.05, 3.63) is 22.9 Å². The van der Waals surface area contributed by atoms with Gasteiger partial charge in [-0.1, -0.05) is 13.3 Å². The average Bonchev–Trinajstić information content (AvgIpc) is 2.43. The maximum Gasteiger partial charge on any atom is 0.218 e. The van der Waals surface area contributed by atoms with Crippen molar-refractivity contribution in [3.63, 3.8) is 0 Å². The van der Waals surface area contributed by atoms with Crippen LogP contribution in [0.3, 0.4) is 0 Å². The summed E-state index contributed by atoms with van der Waals surface area (Å²) in [4.78, 5) is 4.65. The summed E-state index contributed by atoms with van der Waals surface area (Å²) in [5.41, 5.74) is 3.52. The topological polar surface area (TPSA) is 34.1 Å². The third kappa shape index (κ3) is 3.51. The highest BCUT2D eigenvalue weighted by molar-refractivity contribution is 5.36. The minimum Gasteiger partial charge on any atom is -0.474 e. The molecule has 1 N–H and O–H groups in total. The van der Waals surface area contributed by atoms with Gasteiger partial charge in [-0.3, -0.25) is 0 Å². The van der Waals surface area contributed by atoms with E-state index in [0.29, 0.717) is 12.0 Å². The normalized spacial score (nSPS) is 22.8. The zero-order valence-corrected chi connectivity index (χ0v) is 13.3. The standard InChI is InChI=1S/C17H28N2O/c1-5-14-8-6-7-9-16(14)20-17-15(11-18-4)12(2)10-13(3)19-17/h10,14,16,18H,5-9,11H2,1-4H3. The second-order valence-electron chi connectivity index (χ2n) is 6.00. The Balaban J connectivity index is 2.22. The quantitative estimate of drug-likeness (QED) is 0.889. The Kier molecular flexibility index (Phi) is 5.41. The van der Waals surface area contributed by atoms with Gasteiger partial charge >= 0.3 is 0 Å². The predicted molar refractivity (Wildman–Crippen MR) is 83.1 cm³/mol. The third-order valence-corrected chi connectivity index (χ3v) is 4.42. The van der Waals surface area contributed by atoms with Crippen LogP contribution < -0.4 is 10.1 Å². The molecule has 1 fully saturated rings. The van der Waals surface area contributed by atoms with Gasteiger partial charge in [0.2, 0.25) is 5.88 Å². The number of nitrogens with one attached hydrogen (secondary N) is 1. The highest BCUT2D eigenvalue weighted by Gasteiger charge is 2.26. The van der Waals surface area contributed by atoms with Crippen LogP contribution in [0.2, 0.25) is 0 Å². The lowest BCUT2D eigenvalue weighted by molar-refractivity contribution is 0.0844. The van der Waals surface area contributed by atoms with Crippen molar-refractivity contribution in [2.24, 2.45) is 5.92 Å². The van der Waals surface area contributed by atoms with Gasteiger partial charge in [0, 0.05) is 17.8 Å². The lowest BCUT2D eigenvalue weighted by Crippen LogP contribution is -2.31. The molecule has 1 heterocycles. The van der Waals surface area contributed by atoms with Gasteiger partial charge in [-0.25, -0.2) is 4.98 Å². The van der Waals surface area contributed by atoms with Crippen LogP contribution in [0.25, 0.3) is 0 Å². The number of aryl methyl sites for hydroxylation is 2. The molecule has 1 aromatic heterocycles. The summed E-state index contributed by atoms with van der Waals surface area (Å²) >= 11 is 0. The van der Waals surface area contributed by atoms with Crippen LogP contribution in [0, 0.1) is 19.8 Å². The molecule has 0 aliphatic heterocycles. The molecule has 20 heavy (non-hydrogen) atoms. The van der Waals surface area contributed by atoms with Gasteiger partial charge in [0.05, 0.1) is 0 Å². The van der Waals surface area contributed by atoms with Gasteiger partial charge < -0.3 is 10.1 Å². The highest BCUT2D eigenvalue weighted by atomic mass is 16.5. The van der Waals surface area contributed by atoms with Crippen LogP contribution >= 0.6 is 0 Å². The first-order valence-corrected chi connectivity index (χ1v) is 7.94. The van der Waals surface area contributed by atoms with Crippen LogP contribution in [0.1, 0.15) is 55.8 Å². The summed E-state index contributed by atoms with van der Waals surface area (Å²) in [6.45, 7) is 7.28.